The number of benzene rings is 2. The molecule has 0 aliphatic carbocycles. The largest absolute Gasteiger partial charge is 0.465 e. The summed E-state index contributed by atoms with van der Waals surface area (Å²) in [5.41, 5.74) is 0.740. The van der Waals surface area contributed by atoms with Crippen molar-refractivity contribution in [2.24, 2.45) is 5.92 Å². The zero-order chi connectivity index (χ0) is 32.4. The van der Waals surface area contributed by atoms with Crippen LogP contribution in [0.4, 0.5) is 14.9 Å². The van der Waals surface area contributed by atoms with Crippen LogP contribution in [0.3, 0.4) is 0 Å². The minimum Gasteiger partial charge on any atom is -0.465 e. The molecule has 246 valence electrons. The zero-order valence-corrected chi connectivity index (χ0v) is 27.2. The van der Waals surface area contributed by atoms with Gasteiger partial charge in [-0.1, -0.05) is 29.8 Å². The highest BCUT2D eigenvalue weighted by atomic mass is 35.5. The van der Waals surface area contributed by atoms with Gasteiger partial charge in [0.05, 0.1) is 11.4 Å². The van der Waals surface area contributed by atoms with Crippen molar-refractivity contribution in [2.75, 3.05) is 30.8 Å². The van der Waals surface area contributed by atoms with Crippen LogP contribution in [-0.2, 0) is 26.0 Å². The van der Waals surface area contributed by atoms with E-state index in [0.29, 0.717) is 50.4 Å². The third kappa shape index (κ3) is 8.15. The van der Waals surface area contributed by atoms with Gasteiger partial charge in [-0.3, -0.25) is 4.79 Å². The molecule has 0 radical (unpaired) electrons. The molecule has 13 heteroatoms. The van der Waals surface area contributed by atoms with Crippen LogP contribution in [0.15, 0.2) is 42.5 Å². The minimum absolute atomic E-state index is 0.0970. The lowest BCUT2D eigenvalue weighted by molar-refractivity contribution is -0.120. The Labute approximate surface area is 269 Å². The zero-order valence-electron chi connectivity index (χ0n) is 25.6. The number of sulfonamides is 1. The Morgan fingerprint density at radius 3 is 2.67 bits per heavy atom. The monoisotopic (exact) mass is 664 g/mol. The fourth-order valence-corrected chi connectivity index (χ4v) is 9.09. The summed E-state index contributed by atoms with van der Waals surface area (Å²) in [5, 5.41) is 19.1. The summed E-state index contributed by atoms with van der Waals surface area (Å²) < 4.78 is 48.7. The van der Waals surface area contributed by atoms with E-state index in [0.717, 1.165) is 12.0 Å². The molecule has 3 saturated heterocycles. The van der Waals surface area contributed by atoms with E-state index in [1.807, 2.05) is 13.8 Å². The topological polar surface area (TPSA) is 137 Å². The number of carbonyl (C=O) groups excluding carboxylic acids is 1. The average molecular weight is 665 g/mol. The van der Waals surface area contributed by atoms with E-state index < -0.39 is 45.4 Å². The van der Waals surface area contributed by atoms with Crippen molar-refractivity contribution in [3.8, 4) is 0 Å². The third-order valence-corrected chi connectivity index (χ3v) is 11.5. The molecular formula is C32H42ClFN4O6S. The van der Waals surface area contributed by atoms with E-state index in [1.165, 1.54) is 12.1 Å². The molecule has 45 heavy (non-hydrogen) atoms. The summed E-state index contributed by atoms with van der Waals surface area (Å²) in [6.07, 6.45) is 1.76. The molecule has 3 aliphatic heterocycles. The summed E-state index contributed by atoms with van der Waals surface area (Å²) in [4.78, 5) is 26.1. The van der Waals surface area contributed by atoms with Crippen LogP contribution >= 0.6 is 11.6 Å². The second-order valence-electron chi connectivity index (χ2n) is 12.9. The normalized spacial score (nSPS) is 27.0. The number of carbonyl (C=O) groups is 2. The average Bonchev–Trinajstić information content (AvgIpc) is 3.08. The Kier molecular flexibility index (Phi) is 10.4. The number of hydrogen-bond donors (Lipinski definition) is 4. The van der Waals surface area contributed by atoms with Gasteiger partial charge in [-0.2, -0.15) is 4.31 Å². The highest BCUT2D eigenvalue weighted by molar-refractivity contribution is 7.89. The lowest BCUT2D eigenvalue weighted by atomic mass is 9.73. The van der Waals surface area contributed by atoms with Crippen molar-refractivity contribution in [2.45, 2.75) is 82.0 Å². The fraction of sp³-hybridized carbons (Fsp3) is 0.562. The summed E-state index contributed by atoms with van der Waals surface area (Å²) in [6, 6.07) is 9.94. The molecule has 2 aromatic carbocycles. The van der Waals surface area contributed by atoms with E-state index >= 15 is 4.39 Å². The summed E-state index contributed by atoms with van der Waals surface area (Å²) in [7, 11) is -3.42. The highest BCUT2D eigenvalue weighted by Crippen LogP contribution is 2.41. The number of nitrogens with zero attached hydrogens (tertiary/aromatic N) is 1. The van der Waals surface area contributed by atoms with Crippen molar-refractivity contribution in [3.05, 3.63) is 64.4 Å². The van der Waals surface area contributed by atoms with Crippen molar-refractivity contribution in [1.82, 2.24) is 14.9 Å². The Hall–Kier alpha value is -2.77. The molecule has 0 saturated carbocycles. The van der Waals surface area contributed by atoms with Gasteiger partial charge in [0.1, 0.15) is 11.9 Å². The van der Waals surface area contributed by atoms with Crippen LogP contribution < -0.4 is 16.0 Å². The molecular weight excluding hydrogens is 623 g/mol. The Morgan fingerprint density at radius 1 is 1.20 bits per heavy atom. The van der Waals surface area contributed by atoms with Crippen molar-refractivity contribution in [1.29, 1.82) is 0 Å². The molecule has 0 spiro atoms. The second-order valence-corrected chi connectivity index (χ2v) is 15.4. The number of anilines is 1. The second kappa shape index (κ2) is 13.9. The maximum atomic E-state index is 15.3. The van der Waals surface area contributed by atoms with Crippen molar-refractivity contribution < 1.29 is 32.2 Å². The van der Waals surface area contributed by atoms with E-state index in [2.05, 4.69) is 16.0 Å². The first-order valence-corrected chi connectivity index (χ1v) is 17.5. The predicted molar refractivity (Wildman–Crippen MR) is 171 cm³/mol. The van der Waals surface area contributed by atoms with Crippen LogP contribution in [0.2, 0.25) is 5.02 Å². The first kappa shape index (κ1) is 33.6. The number of amides is 2. The Morgan fingerprint density at radius 2 is 1.96 bits per heavy atom. The maximum absolute atomic E-state index is 15.3. The van der Waals surface area contributed by atoms with E-state index in [1.54, 1.807) is 34.6 Å². The lowest BCUT2D eigenvalue weighted by Crippen LogP contribution is -2.57. The van der Waals surface area contributed by atoms with E-state index in [-0.39, 0.29) is 41.4 Å². The molecule has 10 nitrogen and oxygen atoms in total. The van der Waals surface area contributed by atoms with Crippen LogP contribution in [0.1, 0.15) is 63.0 Å². The van der Waals surface area contributed by atoms with E-state index in [9.17, 15) is 23.1 Å². The van der Waals surface area contributed by atoms with Gasteiger partial charge in [0.25, 0.3) is 0 Å². The first-order chi connectivity index (χ1) is 21.3. The van der Waals surface area contributed by atoms with Crippen LogP contribution in [0.5, 0.6) is 0 Å². The summed E-state index contributed by atoms with van der Waals surface area (Å²) >= 11 is 6.17. The quantitative estimate of drug-likeness (QED) is 0.304. The number of hydrogen-bond acceptors (Lipinski definition) is 6. The first-order valence-electron chi connectivity index (χ1n) is 15.5. The van der Waals surface area contributed by atoms with Crippen molar-refractivity contribution >= 4 is 39.3 Å². The van der Waals surface area contributed by atoms with Crippen LogP contribution in [0.25, 0.3) is 0 Å². The van der Waals surface area contributed by atoms with E-state index in [4.69, 9.17) is 16.3 Å². The van der Waals surface area contributed by atoms with Gasteiger partial charge < -0.3 is 25.8 Å². The molecule has 2 bridgehead atoms. The number of rotatable bonds is 9. The third-order valence-electron chi connectivity index (χ3n) is 9.28. The lowest BCUT2D eigenvalue weighted by Gasteiger charge is -2.41. The Balaban J connectivity index is 1.41. The van der Waals surface area contributed by atoms with Crippen LogP contribution in [-0.4, -0.2) is 79.0 Å². The number of piperazine rings is 1. The molecule has 2 aromatic rings. The Bertz CT molecular complexity index is 1490. The molecule has 4 N–H and O–H groups in total. The van der Waals surface area contributed by atoms with Crippen molar-refractivity contribution in [3.63, 3.8) is 0 Å². The molecule has 6 atom stereocenters. The number of nitrogens with one attached hydrogen (secondary N) is 3. The molecule has 3 aliphatic rings. The molecule has 3 fully saturated rings. The minimum atomic E-state index is -3.42. The standard InChI is InChI=1S/C32H42ClFN4O6S/c1-32(2)17-21(14-15-44-32)28(20-8-10-22(33)11-9-20)29(37-31(40)41)30(39)36-27-7-3-6-26(34)25(27)13-12-24-18-35-23-5-4-16-45(42,43)38(24)19-23/h3,6-11,21,23-24,28-29,35,37H,4-5,12-19H2,1-2H3,(H,36,39)(H,40,41)/t21-,23?,24-,28-,29-/m0/s1. The number of halogens is 2. The number of fused-ring (bicyclic) bond motifs is 2. The van der Waals surface area contributed by atoms with Gasteiger partial charge in [0, 0.05) is 54.0 Å². The molecule has 3 heterocycles. The van der Waals surface area contributed by atoms with Gasteiger partial charge in [-0.25, -0.2) is 17.6 Å². The summed E-state index contributed by atoms with van der Waals surface area (Å²) in [5.74, 6) is -1.72. The maximum Gasteiger partial charge on any atom is 0.405 e. The fourth-order valence-electron chi connectivity index (χ4n) is 7.15. The van der Waals surface area contributed by atoms with Gasteiger partial charge >= 0.3 is 6.09 Å². The predicted octanol–water partition coefficient (Wildman–Crippen LogP) is 4.74. The summed E-state index contributed by atoms with van der Waals surface area (Å²) in [6.45, 7) is 5.26. The SMILES string of the molecule is CC1(C)C[C@@H]([C@H](c2ccc(Cl)cc2)[C@H](NC(=O)O)C(=O)Nc2cccc(F)c2CC[C@H]2CNC3CCCS(=O)(=O)N2C3)CCO1. The molecule has 2 amide bonds. The molecule has 5 rings (SSSR count). The number of ether oxygens (including phenoxy) is 1. The van der Waals surface area contributed by atoms with Gasteiger partial charge in [0.15, 0.2) is 0 Å². The highest BCUT2D eigenvalue weighted by Gasteiger charge is 2.42. The van der Waals surface area contributed by atoms with Gasteiger partial charge in [-0.15, -0.1) is 0 Å². The smallest absolute Gasteiger partial charge is 0.405 e. The van der Waals surface area contributed by atoms with Crippen LogP contribution in [0, 0.1) is 11.7 Å². The molecule has 2 unspecified atom stereocenters. The number of carboxylic acid groups (broad SMARTS) is 1. The molecule has 0 aromatic heterocycles. The van der Waals surface area contributed by atoms with Gasteiger partial charge in [0.2, 0.25) is 15.9 Å². The van der Waals surface area contributed by atoms with Gasteiger partial charge in [-0.05, 0) is 88.1 Å².